The molecule has 0 amide bonds. The third-order valence-corrected chi connectivity index (χ3v) is 3.57. The highest BCUT2D eigenvalue weighted by Crippen LogP contribution is 2.21. The number of fused-ring (bicyclic) bond motifs is 1. The molecule has 1 aromatic carbocycles. The van der Waals surface area contributed by atoms with Gasteiger partial charge in [-0.3, -0.25) is 9.78 Å². The normalized spacial score (nSPS) is 13.9. The third kappa shape index (κ3) is 2.43. The van der Waals surface area contributed by atoms with E-state index in [-0.39, 0.29) is 11.4 Å². The number of nitrogens with zero attached hydrogens (tertiary/aromatic N) is 1. The highest BCUT2D eigenvalue weighted by Gasteiger charge is 2.15. The summed E-state index contributed by atoms with van der Waals surface area (Å²) in [5.41, 5.74) is 2.64. The van der Waals surface area contributed by atoms with Crippen LogP contribution in [0.1, 0.15) is 29.7 Å². The van der Waals surface area contributed by atoms with E-state index in [0.717, 1.165) is 42.5 Å². The SMILES string of the molecule is Cc1ccc(Nc2nc3c(c(=O)[nH]2)CCCC3)c(F)c1. The van der Waals surface area contributed by atoms with E-state index in [4.69, 9.17) is 0 Å². The van der Waals surface area contributed by atoms with E-state index in [9.17, 15) is 9.18 Å². The average Bonchev–Trinajstić information content (AvgIpc) is 2.42. The fraction of sp³-hybridized carbons (Fsp3) is 0.333. The van der Waals surface area contributed by atoms with Gasteiger partial charge < -0.3 is 5.32 Å². The second-order valence-electron chi connectivity index (χ2n) is 5.16. The number of aromatic amines is 1. The van der Waals surface area contributed by atoms with Gasteiger partial charge in [0, 0.05) is 5.56 Å². The number of rotatable bonds is 2. The molecule has 3 rings (SSSR count). The monoisotopic (exact) mass is 273 g/mol. The maximum atomic E-state index is 13.8. The standard InChI is InChI=1S/C15H16FN3O/c1-9-6-7-13(11(16)8-9)18-15-17-12-5-3-2-4-10(12)14(20)19-15/h6-8H,2-5H2,1H3,(H2,17,18,19,20). The molecule has 0 aliphatic heterocycles. The minimum absolute atomic E-state index is 0.121. The van der Waals surface area contributed by atoms with Gasteiger partial charge in [-0.25, -0.2) is 9.37 Å². The van der Waals surface area contributed by atoms with Gasteiger partial charge in [-0.15, -0.1) is 0 Å². The lowest BCUT2D eigenvalue weighted by Crippen LogP contribution is -2.22. The molecule has 0 spiro atoms. The van der Waals surface area contributed by atoms with Crippen LogP contribution in [0, 0.1) is 12.7 Å². The van der Waals surface area contributed by atoms with Crippen molar-refractivity contribution in [3.63, 3.8) is 0 Å². The van der Waals surface area contributed by atoms with Crippen molar-refractivity contribution in [1.29, 1.82) is 0 Å². The first-order valence-corrected chi connectivity index (χ1v) is 6.79. The largest absolute Gasteiger partial charge is 0.323 e. The predicted octanol–water partition coefficient (Wildman–Crippen LogP) is 2.84. The molecule has 0 radical (unpaired) electrons. The van der Waals surface area contributed by atoms with Crippen LogP contribution in [0.2, 0.25) is 0 Å². The number of H-pyrrole nitrogens is 1. The summed E-state index contributed by atoms with van der Waals surface area (Å²) in [6, 6.07) is 4.89. The van der Waals surface area contributed by atoms with E-state index in [2.05, 4.69) is 15.3 Å². The Balaban J connectivity index is 1.95. The Labute approximate surface area is 116 Å². The average molecular weight is 273 g/mol. The summed E-state index contributed by atoms with van der Waals surface area (Å²) >= 11 is 0. The molecule has 1 heterocycles. The van der Waals surface area contributed by atoms with Crippen LogP contribution in [0.4, 0.5) is 16.0 Å². The predicted molar refractivity (Wildman–Crippen MR) is 75.9 cm³/mol. The lowest BCUT2D eigenvalue weighted by atomic mass is 9.97. The van der Waals surface area contributed by atoms with Crippen LogP contribution < -0.4 is 10.9 Å². The van der Waals surface area contributed by atoms with Crippen molar-refractivity contribution >= 4 is 11.6 Å². The molecule has 20 heavy (non-hydrogen) atoms. The Bertz CT molecular complexity index is 709. The first kappa shape index (κ1) is 12.8. The maximum Gasteiger partial charge on any atom is 0.255 e. The Morgan fingerprint density at radius 2 is 2.10 bits per heavy atom. The van der Waals surface area contributed by atoms with Crippen LogP contribution >= 0.6 is 0 Å². The van der Waals surface area contributed by atoms with E-state index < -0.39 is 0 Å². The first-order chi connectivity index (χ1) is 9.63. The molecular formula is C15H16FN3O. The number of halogens is 1. The van der Waals surface area contributed by atoms with Crippen molar-refractivity contribution in [2.75, 3.05) is 5.32 Å². The molecule has 4 nitrogen and oxygen atoms in total. The van der Waals surface area contributed by atoms with Crippen molar-refractivity contribution in [3.8, 4) is 0 Å². The van der Waals surface area contributed by atoms with Crippen LogP contribution in [0.25, 0.3) is 0 Å². The number of anilines is 2. The molecule has 0 bridgehead atoms. The number of hydrogen-bond acceptors (Lipinski definition) is 3. The minimum Gasteiger partial charge on any atom is -0.323 e. The van der Waals surface area contributed by atoms with Gasteiger partial charge in [-0.1, -0.05) is 6.07 Å². The lowest BCUT2D eigenvalue weighted by molar-refractivity contribution is 0.630. The summed E-state index contributed by atoms with van der Waals surface area (Å²) in [5.74, 6) is -0.0521. The van der Waals surface area contributed by atoms with Crippen LogP contribution in [0.5, 0.6) is 0 Å². The van der Waals surface area contributed by atoms with Gasteiger partial charge in [-0.05, 0) is 50.3 Å². The molecule has 1 aromatic heterocycles. The van der Waals surface area contributed by atoms with Crippen LogP contribution in [0.15, 0.2) is 23.0 Å². The second kappa shape index (κ2) is 5.07. The quantitative estimate of drug-likeness (QED) is 0.884. The van der Waals surface area contributed by atoms with Crippen LogP contribution in [-0.4, -0.2) is 9.97 Å². The third-order valence-electron chi connectivity index (χ3n) is 3.57. The number of nitrogens with one attached hydrogen (secondary N) is 2. The summed E-state index contributed by atoms with van der Waals surface area (Å²) in [6.07, 6.45) is 3.65. The topological polar surface area (TPSA) is 57.8 Å². The first-order valence-electron chi connectivity index (χ1n) is 6.79. The minimum atomic E-state index is -0.356. The Morgan fingerprint density at radius 3 is 2.90 bits per heavy atom. The van der Waals surface area contributed by atoms with E-state index in [0.29, 0.717) is 11.6 Å². The molecule has 0 saturated heterocycles. The summed E-state index contributed by atoms with van der Waals surface area (Å²) < 4.78 is 13.8. The summed E-state index contributed by atoms with van der Waals surface area (Å²) in [7, 11) is 0. The highest BCUT2D eigenvalue weighted by molar-refractivity contribution is 5.55. The van der Waals surface area contributed by atoms with Gasteiger partial charge in [-0.2, -0.15) is 0 Å². The lowest BCUT2D eigenvalue weighted by Gasteiger charge is -2.15. The molecule has 2 N–H and O–H groups in total. The molecule has 0 unspecified atom stereocenters. The molecule has 2 aromatic rings. The molecule has 0 fully saturated rings. The second-order valence-corrected chi connectivity index (χ2v) is 5.16. The zero-order chi connectivity index (χ0) is 14.1. The Kier molecular flexibility index (Phi) is 3.26. The molecular weight excluding hydrogens is 257 g/mol. The van der Waals surface area contributed by atoms with Crippen molar-refractivity contribution in [1.82, 2.24) is 9.97 Å². The fourth-order valence-electron chi connectivity index (χ4n) is 2.51. The van der Waals surface area contributed by atoms with E-state index in [1.165, 1.54) is 6.07 Å². The van der Waals surface area contributed by atoms with Gasteiger partial charge in [0.25, 0.3) is 5.56 Å². The van der Waals surface area contributed by atoms with Crippen LogP contribution in [0.3, 0.4) is 0 Å². The van der Waals surface area contributed by atoms with Crippen molar-refractivity contribution in [2.24, 2.45) is 0 Å². The van der Waals surface area contributed by atoms with Gasteiger partial charge in [0.1, 0.15) is 5.82 Å². The molecule has 5 heteroatoms. The summed E-state index contributed by atoms with van der Waals surface area (Å²) in [5, 5.41) is 2.85. The van der Waals surface area contributed by atoms with Crippen molar-refractivity contribution in [3.05, 3.63) is 51.2 Å². The molecule has 1 aliphatic rings. The van der Waals surface area contributed by atoms with Gasteiger partial charge in [0.2, 0.25) is 5.95 Å². The van der Waals surface area contributed by atoms with E-state index in [1.54, 1.807) is 6.07 Å². The molecule has 0 saturated carbocycles. The van der Waals surface area contributed by atoms with E-state index in [1.807, 2.05) is 13.0 Å². The summed E-state index contributed by atoms with van der Waals surface area (Å²) in [4.78, 5) is 19.1. The van der Waals surface area contributed by atoms with Gasteiger partial charge in [0.05, 0.1) is 11.4 Å². The molecule has 0 atom stereocenters. The number of hydrogen-bond donors (Lipinski definition) is 2. The maximum absolute atomic E-state index is 13.8. The van der Waals surface area contributed by atoms with Crippen molar-refractivity contribution in [2.45, 2.75) is 32.6 Å². The highest BCUT2D eigenvalue weighted by atomic mass is 19.1. The molecule has 1 aliphatic carbocycles. The van der Waals surface area contributed by atoms with Crippen LogP contribution in [-0.2, 0) is 12.8 Å². The Hall–Kier alpha value is -2.17. The number of aromatic nitrogens is 2. The Morgan fingerprint density at radius 1 is 1.30 bits per heavy atom. The summed E-state index contributed by atoms with van der Waals surface area (Å²) in [6.45, 7) is 1.83. The van der Waals surface area contributed by atoms with Gasteiger partial charge >= 0.3 is 0 Å². The molecule has 104 valence electrons. The van der Waals surface area contributed by atoms with E-state index >= 15 is 0 Å². The van der Waals surface area contributed by atoms with Crippen molar-refractivity contribution < 1.29 is 4.39 Å². The smallest absolute Gasteiger partial charge is 0.255 e. The van der Waals surface area contributed by atoms with Gasteiger partial charge in [0.15, 0.2) is 0 Å². The zero-order valence-corrected chi connectivity index (χ0v) is 11.3. The fourth-order valence-corrected chi connectivity index (χ4v) is 2.51. The number of benzene rings is 1. The number of aryl methyl sites for hydroxylation is 2. The zero-order valence-electron chi connectivity index (χ0n) is 11.3.